The van der Waals surface area contributed by atoms with E-state index in [9.17, 15) is 0 Å². The molecule has 0 aromatic heterocycles. The van der Waals surface area contributed by atoms with E-state index < -0.39 is 9.62 Å². The van der Waals surface area contributed by atoms with Gasteiger partial charge in [-0.05, 0) is 0 Å². The lowest BCUT2D eigenvalue weighted by Crippen LogP contribution is -1.98. The van der Waals surface area contributed by atoms with Crippen LogP contribution in [0, 0.1) is 9.56 Å². The van der Waals surface area contributed by atoms with Crippen LogP contribution in [-0.2, 0) is 9.62 Å². The normalized spacial score (nSPS) is 11.7. The first-order valence-corrected chi connectivity index (χ1v) is 4.76. The standard InChI is InChI=1S/C3H10N2S2/c1-7(4,5)3-2-6/h4-6H,2-3H2,1H3. The summed E-state index contributed by atoms with van der Waals surface area (Å²) in [4.78, 5) is 0. The molecular weight excluding hydrogens is 128 g/mol. The molecule has 0 radical (unpaired) electrons. The molecule has 0 aliphatic rings. The molecule has 0 saturated carbocycles. The van der Waals surface area contributed by atoms with Crippen LogP contribution in [0.3, 0.4) is 0 Å². The predicted octanol–water partition coefficient (Wildman–Crippen LogP) is 1.22. The Labute approximate surface area is 50.1 Å². The summed E-state index contributed by atoms with van der Waals surface area (Å²) in [6, 6.07) is 0. The van der Waals surface area contributed by atoms with Gasteiger partial charge in [-0.3, -0.25) is 9.56 Å². The number of thiol groups is 1. The van der Waals surface area contributed by atoms with Crippen molar-refractivity contribution in [3.8, 4) is 0 Å². The van der Waals surface area contributed by atoms with Gasteiger partial charge in [0.15, 0.2) is 0 Å². The van der Waals surface area contributed by atoms with Crippen molar-refractivity contribution in [1.29, 1.82) is 9.56 Å². The van der Waals surface area contributed by atoms with Crippen molar-refractivity contribution in [2.24, 2.45) is 0 Å². The van der Waals surface area contributed by atoms with Gasteiger partial charge in [0, 0.05) is 17.8 Å². The van der Waals surface area contributed by atoms with E-state index in [2.05, 4.69) is 12.6 Å². The summed E-state index contributed by atoms with van der Waals surface area (Å²) in [6.45, 7) is 0. The topological polar surface area (TPSA) is 47.7 Å². The number of rotatable bonds is 2. The monoisotopic (exact) mass is 138 g/mol. The first kappa shape index (κ1) is 7.30. The van der Waals surface area contributed by atoms with Crippen LogP contribution in [0.25, 0.3) is 0 Å². The van der Waals surface area contributed by atoms with Gasteiger partial charge in [0.1, 0.15) is 0 Å². The fraction of sp³-hybridized carbons (Fsp3) is 1.00. The zero-order valence-electron chi connectivity index (χ0n) is 4.27. The number of hydrogen-bond donors (Lipinski definition) is 3. The van der Waals surface area contributed by atoms with Crippen molar-refractivity contribution in [2.75, 3.05) is 17.8 Å². The molecule has 0 unspecified atom stereocenters. The van der Waals surface area contributed by atoms with Crippen molar-refractivity contribution in [3.05, 3.63) is 0 Å². The van der Waals surface area contributed by atoms with Gasteiger partial charge in [-0.2, -0.15) is 12.6 Å². The smallest absolute Gasteiger partial charge is 0.0215 e. The van der Waals surface area contributed by atoms with E-state index in [0.29, 0.717) is 11.5 Å². The third kappa shape index (κ3) is 6.30. The lowest BCUT2D eigenvalue weighted by Gasteiger charge is -1.96. The Bertz CT molecular complexity index is 124. The minimum absolute atomic E-state index is 0.621. The van der Waals surface area contributed by atoms with Gasteiger partial charge in [0.25, 0.3) is 0 Å². The molecule has 0 spiro atoms. The van der Waals surface area contributed by atoms with Crippen molar-refractivity contribution in [3.63, 3.8) is 0 Å². The molecule has 0 bridgehead atoms. The Hall–Kier alpha value is 0.300. The zero-order chi connectivity index (χ0) is 5.91. The summed E-state index contributed by atoms with van der Waals surface area (Å²) < 4.78 is 14.1. The Morgan fingerprint density at radius 2 is 2.00 bits per heavy atom. The average Bonchev–Trinajstić information content (AvgIpc) is 1.30. The Kier molecular flexibility index (Phi) is 2.68. The van der Waals surface area contributed by atoms with Crippen LogP contribution in [0.1, 0.15) is 0 Å². The summed E-state index contributed by atoms with van der Waals surface area (Å²) in [6.07, 6.45) is 1.64. The third-order valence-corrected chi connectivity index (χ3v) is 2.05. The van der Waals surface area contributed by atoms with E-state index in [1.165, 1.54) is 0 Å². The van der Waals surface area contributed by atoms with Gasteiger partial charge >= 0.3 is 0 Å². The molecule has 0 atom stereocenters. The lowest BCUT2D eigenvalue weighted by atomic mass is 11.0. The van der Waals surface area contributed by atoms with E-state index in [0.717, 1.165) is 0 Å². The Morgan fingerprint density at radius 1 is 1.57 bits per heavy atom. The molecule has 44 valence electrons. The van der Waals surface area contributed by atoms with Gasteiger partial charge in [0.2, 0.25) is 0 Å². The first-order chi connectivity index (χ1) is 3.06. The summed E-state index contributed by atoms with van der Waals surface area (Å²) in [7, 11) is -1.75. The van der Waals surface area contributed by atoms with Gasteiger partial charge in [0.05, 0.1) is 0 Å². The van der Waals surface area contributed by atoms with Crippen LogP contribution < -0.4 is 0 Å². The lowest BCUT2D eigenvalue weighted by molar-refractivity contribution is 1.43. The van der Waals surface area contributed by atoms with Crippen LogP contribution in [0.4, 0.5) is 0 Å². The van der Waals surface area contributed by atoms with Crippen LogP contribution in [0.15, 0.2) is 0 Å². The molecule has 0 saturated heterocycles. The Balaban J connectivity index is 3.60. The second-order valence-electron chi connectivity index (χ2n) is 1.52. The highest BCUT2D eigenvalue weighted by Gasteiger charge is 1.86. The SMILES string of the molecule is CS(=N)(=N)CCS. The Morgan fingerprint density at radius 3 is 2.00 bits per heavy atom. The third-order valence-electron chi connectivity index (χ3n) is 0.500. The summed E-state index contributed by atoms with van der Waals surface area (Å²) in [5.41, 5.74) is 0. The van der Waals surface area contributed by atoms with Crippen LogP contribution in [0.5, 0.6) is 0 Å². The van der Waals surface area contributed by atoms with E-state index in [1.807, 2.05) is 0 Å². The molecule has 0 fully saturated rings. The molecule has 4 heteroatoms. The van der Waals surface area contributed by atoms with Gasteiger partial charge in [-0.1, -0.05) is 9.62 Å². The van der Waals surface area contributed by atoms with Crippen molar-refractivity contribution < 1.29 is 0 Å². The van der Waals surface area contributed by atoms with E-state index in [-0.39, 0.29) is 0 Å². The summed E-state index contributed by atoms with van der Waals surface area (Å²) >= 11 is 3.89. The van der Waals surface area contributed by atoms with Gasteiger partial charge in [-0.25, -0.2) is 0 Å². The van der Waals surface area contributed by atoms with Crippen LogP contribution in [0.2, 0.25) is 0 Å². The van der Waals surface area contributed by atoms with E-state index >= 15 is 0 Å². The molecule has 0 heterocycles. The molecule has 0 aromatic carbocycles. The quantitative estimate of drug-likeness (QED) is 0.481. The zero-order valence-corrected chi connectivity index (χ0v) is 5.98. The number of nitrogens with one attached hydrogen (secondary N) is 2. The van der Waals surface area contributed by atoms with Crippen LogP contribution in [-0.4, -0.2) is 17.8 Å². The predicted molar refractivity (Wildman–Crippen MR) is 37.4 cm³/mol. The fourth-order valence-electron chi connectivity index (χ4n) is 0.183. The summed E-state index contributed by atoms with van der Waals surface area (Å²) in [5, 5.41) is 0. The van der Waals surface area contributed by atoms with Crippen molar-refractivity contribution in [1.82, 2.24) is 0 Å². The van der Waals surface area contributed by atoms with Gasteiger partial charge < -0.3 is 0 Å². The molecule has 7 heavy (non-hydrogen) atoms. The molecule has 0 aliphatic carbocycles. The molecular formula is C3H10N2S2. The molecule has 2 nitrogen and oxygen atoms in total. The molecule has 0 aromatic rings. The summed E-state index contributed by atoms with van der Waals surface area (Å²) in [5.74, 6) is 1.29. The molecule has 0 aliphatic heterocycles. The average molecular weight is 138 g/mol. The van der Waals surface area contributed by atoms with Crippen LogP contribution >= 0.6 is 12.6 Å². The fourth-order valence-corrected chi connectivity index (χ4v) is 1.64. The van der Waals surface area contributed by atoms with Crippen molar-refractivity contribution >= 4 is 22.2 Å². The number of hydrogen-bond acceptors (Lipinski definition) is 3. The highest BCUT2D eigenvalue weighted by Crippen LogP contribution is 1.86. The van der Waals surface area contributed by atoms with Gasteiger partial charge in [-0.15, -0.1) is 0 Å². The largest absolute Gasteiger partial charge is 0.271 e. The maximum Gasteiger partial charge on any atom is 0.0215 e. The van der Waals surface area contributed by atoms with Crippen molar-refractivity contribution in [2.45, 2.75) is 0 Å². The minimum atomic E-state index is -1.75. The minimum Gasteiger partial charge on any atom is -0.271 e. The maximum atomic E-state index is 7.03. The second-order valence-corrected chi connectivity index (χ2v) is 4.55. The highest BCUT2D eigenvalue weighted by molar-refractivity contribution is 7.93. The van der Waals surface area contributed by atoms with E-state index in [4.69, 9.17) is 9.56 Å². The molecule has 2 N–H and O–H groups in total. The highest BCUT2D eigenvalue weighted by atomic mass is 32.2. The first-order valence-electron chi connectivity index (χ1n) is 1.92. The second kappa shape index (κ2) is 2.57. The van der Waals surface area contributed by atoms with E-state index in [1.54, 1.807) is 6.26 Å². The molecule has 0 amide bonds. The molecule has 0 rings (SSSR count). The maximum absolute atomic E-state index is 7.03.